The minimum atomic E-state index is 0.320. The molecule has 19 heavy (non-hydrogen) atoms. The third kappa shape index (κ3) is 3.95. The maximum atomic E-state index is 6.06. The summed E-state index contributed by atoms with van der Waals surface area (Å²) in [6, 6.07) is 6.50. The molecule has 0 fully saturated rings. The van der Waals surface area contributed by atoms with E-state index >= 15 is 0 Å². The largest absolute Gasteiger partial charge is 0.488 e. The maximum absolute atomic E-state index is 6.06. The first-order chi connectivity index (χ1) is 9.22. The van der Waals surface area contributed by atoms with Gasteiger partial charge in [-0.2, -0.15) is 0 Å². The van der Waals surface area contributed by atoms with E-state index in [2.05, 4.69) is 42.3 Å². The molecule has 0 spiro atoms. The number of rotatable bonds is 7. The van der Waals surface area contributed by atoms with Gasteiger partial charge in [0, 0.05) is 26.1 Å². The Morgan fingerprint density at radius 2 is 2.21 bits per heavy atom. The van der Waals surface area contributed by atoms with Crippen molar-refractivity contribution < 1.29 is 4.74 Å². The average Bonchev–Trinajstić information content (AvgIpc) is 2.77. The van der Waals surface area contributed by atoms with E-state index in [1.807, 2.05) is 7.05 Å². The molecule has 0 amide bonds. The Bertz CT molecular complexity index is 406. The zero-order chi connectivity index (χ0) is 13.7. The zero-order valence-electron chi connectivity index (χ0n) is 12.4. The van der Waals surface area contributed by atoms with Gasteiger partial charge >= 0.3 is 0 Å². The van der Waals surface area contributed by atoms with Crippen molar-refractivity contribution in [1.82, 2.24) is 10.2 Å². The van der Waals surface area contributed by atoms with Crippen LogP contribution in [0.4, 0.5) is 0 Å². The van der Waals surface area contributed by atoms with Crippen LogP contribution in [0.5, 0.6) is 5.75 Å². The topological polar surface area (TPSA) is 24.5 Å². The molecule has 1 N–H and O–H groups in total. The van der Waals surface area contributed by atoms with Crippen LogP contribution in [0, 0.1) is 6.92 Å². The summed E-state index contributed by atoms with van der Waals surface area (Å²) in [4.78, 5) is 2.50. The van der Waals surface area contributed by atoms with Gasteiger partial charge in [-0.3, -0.25) is 4.90 Å². The molecular formula is C16H26N2O. The van der Waals surface area contributed by atoms with E-state index in [1.165, 1.54) is 17.5 Å². The van der Waals surface area contributed by atoms with Crippen LogP contribution in [0.1, 0.15) is 24.5 Å². The molecule has 106 valence electrons. The average molecular weight is 262 g/mol. The van der Waals surface area contributed by atoms with Crippen LogP contribution in [0.3, 0.4) is 0 Å². The Hall–Kier alpha value is -1.06. The van der Waals surface area contributed by atoms with Crippen LogP contribution in [0.25, 0.3) is 0 Å². The molecule has 1 unspecified atom stereocenters. The molecule has 0 saturated carbocycles. The molecule has 1 aliphatic rings. The van der Waals surface area contributed by atoms with E-state index in [0.29, 0.717) is 6.10 Å². The van der Waals surface area contributed by atoms with E-state index in [4.69, 9.17) is 4.74 Å². The number of ether oxygens (including phenoxy) is 1. The molecular weight excluding hydrogens is 236 g/mol. The first kappa shape index (κ1) is 14.4. The first-order valence-corrected chi connectivity index (χ1v) is 7.36. The summed E-state index contributed by atoms with van der Waals surface area (Å²) in [5.74, 6) is 1.08. The standard InChI is InChI=1S/C16H26N2O/c1-4-8-18(9-7-17-3)12-15-11-14-10-13(2)5-6-16(14)19-15/h5-6,10,15,17H,4,7-9,11-12H2,1-3H3. The van der Waals surface area contributed by atoms with Crippen molar-refractivity contribution in [3.8, 4) is 5.75 Å². The smallest absolute Gasteiger partial charge is 0.123 e. The summed E-state index contributed by atoms with van der Waals surface area (Å²) >= 11 is 0. The second-order valence-electron chi connectivity index (χ2n) is 5.46. The van der Waals surface area contributed by atoms with Crippen LogP contribution in [0.2, 0.25) is 0 Å². The Balaban J connectivity index is 1.90. The molecule has 1 atom stereocenters. The quantitative estimate of drug-likeness (QED) is 0.815. The lowest BCUT2D eigenvalue weighted by Gasteiger charge is -2.24. The Labute approximate surface area is 116 Å². The van der Waals surface area contributed by atoms with Gasteiger partial charge in [0.1, 0.15) is 11.9 Å². The van der Waals surface area contributed by atoms with Crippen LogP contribution >= 0.6 is 0 Å². The fourth-order valence-electron chi connectivity index (χ4n) is 2.72. The lowest BCUT2D eigenvalue weighted by Crippen LogP contribution is -2.38. The van der Waals surface area contributed by atoms with E-state index < -0.39 is 0 Å². The zero-order valence-corrected chi connectivity index (χ0v) is 12.4. The molecule has 0 radical (unpaired) electrons. The second kappa shape index (κ2) is 6.92. The molecule has 1 aromatic carbocycles. The van der Waals surface area contributed by atoms with Crippen LogP contribution in [0.15, 0.2) is 18.2 Å². The van der Waals surface area contributed by atoms with Crippen LogP contribution in [-0.2, 0) is 6.42 Å². The van der Waals surface area contributed by atoms with Crippen molar-refractivity contribution in [3.63, 3.8) is 0 Å². The third-order valence-electron chi connectivity index (χ3n) is 3.64. The third-order valence-corrected chi connectivity index (χ3v) is 3.64. The summed E-state index contributed by atoms with van der Waals surface area (Å²) in [6.45, 7) is 8.70. The molecule has 0 aliphatic carbocycles. The van der Waals surface area contributed by atoms with Gasteiger partial charge in [-0.1, -0.05) is 24.6 Å². The van der Waals surface area contributed by atoms with Crippen molar-refractivity contribution in [2.45, 2.75) is 32.8 Å². The molecule has 2 rings (SSSR count). The SMILES string of the molecule is CCCN(CCNC)CC1Cc2cc(C)ccc2O1. The van der Waals surface area contributed by atoms with Gasteiger partial charge in [0.2, 0.25) is 0 Å². The highest BCUT2D eigenvalue weighted by atomic mass is 16.5. The minimum Gasteiger partial charge on any atom is -0.488 e. The van der Waals surface area contributed by atoms with Gasteiger partial charge in [0.05, 0.1) is 0 Å². The molecule has 1 aromatic rings. The van der Waals surface area contributed by atoms with E-state index in [0.717, 1.165) is 38.3 Å². The number of likely N-dealkylation sites (N-methyl/N-ethyl adjacent to an activating group) is 1. The van der Waals surface area contributed by atoms with Gasteiger partial charge in [-0.05, 0) is 38.6 Å². The number of hydrogen-bond donors (Lipinski definition) is 1. The predicted molar refractivity (Wildman–Crippen MR) is 80.0 cm³/mol. The van der Waals surface area contributed by atoms with Gasteiger partial charge in [0.15, 0.2) is 0 Å². The van der Waals surface area contributed by atoms with Gasteiger partial charge in [-0.15, -0.1) is 0 Å². The van der Waals surface area contributed by atoms with E-state index in [-0.39, 0.29) is 0 Å². The normalized spacial score (nSPS) is 17.6. The summed E-state index contributed by atoms with van der Waals surface area (Å²) in [7, 11) is 2.01. The summed E-state index contributed by atoms with van der Waals surface area (Å²) < 4.78 is 6.06. The highest BCUT2D eigenvalue weighted by Crippen LogP contribution is 2.29. The number of aryl methyl sites for hydroxylation is 1. The number of nitrogens with zero attached hydrogens (tertiary/aromatic N) is 1. The maximum Gasteiger partial charge on any atom is 0.123 e. The van der Waals surface area contributed by atoms with E-state index in [9.17, 15) is 0 Å². The van der Waals surface area contributed by atoms with Crippen molar-refractivity contribution in [2.75, 3.05) is 33.2 Å². The van der Waals surface area contributed by atoms with Gasteiger partial charge < -0.3 is 10.1 Å². The summed E-state index contributed by atoms with van der Waals surface area (Å²) in [6.07, 6.45) is 2.57. The second-order valence-corrected chi connectivity index (χ2v) is 5.46. The van der Waals surface area contributed by atoms with Gasteiger partial charge in [-0.25, -0.2) is 0 Å². The van der Waals surface area contributed by atoms with Crippen molar-refractivity contribution in [3.05, 3.63) is 29.3 Å². The molecule has 0 saturated heterocycles. The van der Waals surface area contributed by atoms with Crippen LogP contribution in [-0.4, -0.2) is 44.2 Å². The minimum absolute atomic E-state index is 0.320. The van der Waals surface area contributed by atoms with Gasteiger partial charge in [0.25, 0.3) is 0 Å². The Kier molecular flexibility index (Phi) is 5.23. The molecule has 3 heteroatoms. The number of fused-ring (bicyclic) bond motifs is 1. The lowest BCUT2D eigenvalue weighted by atomic mass is 10.1. The van der Waals surface area contributed by atoms with Crippen molar-refractivity contribution in [1.29, 1.82) is 0 Å². The molecule has 0 bridgehead atoms. The molecule has 0 aromatic heterocycles. The Morgan fingerprint density at radius 1 is 1.37 bits per heavy atom. The first-order valence-electron chi connectivity index (χ1n) is 7.36. The Morgan fingerprint density at radius 3 is 2.95 bits per heavy atom. The number of hydrogen-bond acceptors (Lipinski definition) is 3. The molecule has 1 aliphatic heterocycles. The fourth-order valence-corrected chi connectivity index (χ4v) is 2.72. The highest BCUT2D eigenvalue weighted by Gasteiger charge is 2.24. The monoisotopic (exact) mass is 262 g/mol. The molecule has 1 heterocycles. The predicted octanol–water partition coefficient (Wildman–Crippen LogP) is 2.23. The highest BCUT2D eigenvalue weighted by molar-refractivity contribution is 5.40. The lowest BCUT2D eigenvalue weighted by molar-refractivity contribution is 0.151. The summed E-state index contributed by atoms with van der Waals surface area (Å²) in [5, 5.41) is 3.22. The number of benzene rings is 1. The number of nitrogens with one attached hydrogen (secondary N) is 1. The molecule has 3 nitrogen and oxygen atoms in total. The van der Waals surface area contributed by atoms with Crippen molar-refractivity contribution >= 4 is 0 Å². The van der Waals surface area contributed by atoms with E-state index in [1.54, 1.807) is 0 Å². The van der Waals surface area contributed by atoms with Crippen LogP contribution < -0.4 is 10.1 Å². The summed E-state index contributed by atoms with van der Waals surface area (Å²) in [5.41, 5.74) is 2.69. The fraction of sp³-hybridized carbons (Fsp3) is 0.625. The van der Waals surface area contributed by atoms with Crippen molar-refractivity contribution in [2.24, 2.45) is 0 Å².